The van der Waals surface area contributed by atoms with Gasteiger partial charge in [0.05, 0.1) is 30.2 Å². The highest BCUT2D eigenvalue weighted by Gasteiger charge is 2.55. The number of hydrogen-bond donors (Lipinski definition) is 1. The van der Waals surface area contributed by atoms with Gasteiger partial charge in [-0.2, -0.15) is 18.3 Å². The molecule has 4 rings (SSSR count). The quantitative estimate of drug-likeness (QED) is 0.620. The van der Waals surface area contributed by atoms with E-state index in [9.17, 15) is 27.5 Å². The Morgan fingerprint density at radius 3 is 2.59 bits per heavy atom. The first-order chi connectivity index (χ1) is 14.9. The van der Waals surface area contributed by atoms with Crippen molar-refractivity contribution in [3.8, 4) is 11.3 Å². The molecule has 0 fully saturated rings. The maximum atomic E-state index is 14.4. The third-order valence-electron chi connectivity index (χ3n) is 5.74. The number of carbonyl (C=O) groups is 1. The number of halogens is 4. The van der Waals surface area contributed by atoms with Gasteiger partial charge < -0.3 is 14.6 Å². The van der Waals surface area contributed by atoms with Gasteiger partial charge in [-0.1, -0.05) is 0 Å². The lowest BCUT2D eigenvalue weighted by Crippen LogP contribution is -2.45. The zero-order valence-corrected chi connectivity index (χ0v) is 17.6. The van der Waals surface area contributed by atoms with Crippen molar-refractivity contribution in [2.45, 2.75) is 38.2 Å². The predicted molar refractivity (Wildman–Crippen MR) is 106 cm³/mol. The van der Waals surface area contributed by atoms with E-state index in [-0.39, 0.29) is 24.2 Å². The van der Waals surface area contributed by atoms with Crippen LogP contribution in [0.1, 0.15) is 41.8 Å². The van der Waals surface area contributed by atoms with Gasteiger partial charge in [0.15, 0.2) is 5.82 Å². The van der Waals surface area contributed by atoms with Crippen LogP contribution in [0.5, 0.6) is 0 Å². The molecule has 0 aliphatic carbocycles. The van der Waals surface area contributed by atoms with Crippen molar-refractivity contribution < 1.29 is 27.5 Å². The first-order valence-corrected chi connectivity index (χ1v) is 9.84. The van der Waals surface area contributed by atoms with Crippen LogP contribution in [0.15, 0.2) is 36.7 Å². The minimum atomic E-state index is -4.90. The molecule has 0 bridgehead atoms. The fourth-order valence-corrected chi connectivity index (χ4v) is 3.98. The molecule has 170 valence electrons. The number of nitrogens with zero attached hydrogens (tertiary/aromatic N) is 5. The lowest BCUT2D eigenvalue weighted by molar-refractivity contribution is -0.263. The molecule has 0 spiro atoms. The van der Waals surface area contributed by atoms with E-state index in [0.717, 1.165) is 0 Å². The summed E-state index contributed by atoms with van der Waals surface area (Å²) in [6.45, 7) is 2.40. The van der Waals surface area contributed by atoms with Gasteiger partial charge in [-0.05, 0) is 38.1 Å². The van der Waals surface area contributed by atoms with E-state index >= 15 is 0 Å². The Balaban J connectivity index is 1.65. The number of imidazole rings is 1. The van der Waals surface area contributed by atoms with Gasteiger partial charge in [0.25, 0.3) is 5.91 Å². The molecule has 1 unspecified atom stereocenters. The van der Waals surface area contributed by atoms with Crippen molar-refractivity contribution in [2.24, 2.45) is 7.05 Å². The van der Waals surface area contributed by atoms with Gasteiger partial charge >= 0.3 is 6.18 Å². The number of carbonyl (C=O) groups excluding carboxylic acids is 1. The fraction of sp³-hybridized carbons (Fsp3) is 0.381. The summed E-state index contributed by atoms with van der Waals surface area (Å²) in [5.41, 5.74) is -1.80. The van der Waals surface area contributed by atoms with Crippen LogP contribution in [0.25, 0.3) is 11.3 Å². The zero-order valence-electron chi connectivity index (χ0n) is 17.6. The van der Waals surface area contributed by atoms with E-state index in [4.69, 9.17) is 0 Å². The van der Waals surface area contributed by atoms with Crippen LogP contribution >= 0.6 is 0 Å². The van der Waals surface area contributed by atoms with Crippen molar-refractivity contribution in [1.29, 1.82) is 0 Å². The molecule has 0 saturated heterocycles. The summed E-state index contributed by atoms with van der Waals surface area (Å²) in [7, 11) is 1.66. The molecule has 0 radical (unpaired) electrons. The van der Waals surface area contributed by atoms with E-state index in [1.165, 1.54) is 44.7 Å². The predicted octanol–water partition coefficient (Wildman–Crippen LogP) is 3.41. The summed E-state index contributed by atoms with van der Waals surface area (Å²) in [6.07, 6.45) is -2.15. The first-order valence-electron chi connectivity index (χ1n) is 9.84. The van der Waals surface area contributed by atoms with Crippen LogP contribution in [0.4, 0.5) is 17.6 Å². The summed E-state index contributed by atoms with van der Waals surface area (Å²) in [5.74, 6) is -1.41. The average molecular weight is 451 g/mol. The highest BCUT2D eigenvalue weighted by molar-refractivity contribution is 5.95. The van der Waals surface area contributed by atoms with Gasteiger partial charge in [-0.15, -0.1) is 0 Å². The SMILES string of the molecule is C[C@H]1CN(C(=O)c2ccc(F)c(-c3ccnn3C)c2)Cc2cnc(C(C)(O)C(F)(F)F)n21. The molecule has 1 aliphatic rings. The maximum absolute atomic E-state index is 14.4. The average Bonchev–Trinajstić information content (AvgIpc) is 3.33. The Bertz CT molecular complexity index is 1180. The summed E-state index contributed by atoms with van der Waals surface area (Å²) < 4.78 is 57.2. The van der Waals surface area contributed by atoms with Gasteiger partial charge in [0, 0.05) is 30.9 Å². The second kappa shape index (κ2) is 7.44. The Morgan fingerprint density at radius 2 is 1.97 bits per heavy atom. The molecule has 32 heavy (non-hydrogen) atoms. The molecule has 1 aliphatic heterocycles. The maximum Gasteiger partial charge on any atom is 0.424 e. The Hall–Kier alpha value is -3.21. The molecule has 3 aromatic rings. The lowest BCUT2D eigenvalue weighted by atomic mass is 10.0. The minimum absolute atomic E-state index is 0.00251. The van der Waals surface area contributed by atoms with E-state index in [0.29, 0.717) is 18.3 Å². The molecule has 3 heterocycles. The number of hydrogen-bond acceptors (Lipinski definition) is 4. The van der Waals surface area contributed by atoms with Crippen LogP contribution in [0.3, 0.4) is 0 Å². The van der Waals surface area contributed by atoms with Gasteiger partial charge in [0.1, 0.15) is 5.82 Å². The Morgan fingerprint density at radius 1 is 1.25 bits per heavy atom. The molecule has 7 nitrogen and oxygen atoms in total. The summed E-state index contributed by atoms with van der Waals surface area (Å²) in [4.78, 5) is 18.4. The van der Waals surface area contributed by atoms with Crippen LogP contribution in [0, 0.1) is 5.82 Å². The highest BCUT2D eigenvalue weighted by atomic mass is 19.4. The molecular weight excluding hydrogens is 430 g/mol. The number of amides is 1. The van der Waals surface area contributed by atoms with E-state index in [1.807, 2.05) is 0 Å². The first kappa shape index (κ1) is 22.0. The summed E-state index contributed by atoms with van der Waals surface area (Å²) in [6, 6.07) is 5.07. The smallest absolute Gasteiger partial charge is 0.374 e. The number of fused-ring (bicyclic) bond motifs is 1. The topological polar surface area (TPSA) is 76.2 Å². The third kappa shape index (κ3) is 3.46. The van der Waals surface area contributed by atoms with Crippen molar-refractivity contribution in [3.05, 3.63) is 59.6 Å². The van der Waals surface area contributed by atoms with Gasteiger partial charge in [-0.3, -0.25) is 9.48 Å². The molecule has 2 atom stereocenters. The molecule has 0 saturated carbocycles. The van der Waals surface area contributed by atoms with Crippen LogP contribution in [-0.4, -0.2) is 48.0 Å². The molecule has 11 heteroatoms. The Kier molecular flexibility index (Phi) is 5.11. The number of aryl methyl sites for hydroxylation is 1. The second-order valence-electron chi connectivity index (χ2n) is 8.08. The minimum Gasteiger partial charge on any atom is -0.374 e. The van der Waals surface area contributed by atoms with Crippen molar-refractivity contribution in [3.63, 3.8) is 0 Å². The molecule has 2 aromatic heterocycles. The lowest BCUT2D eigenvalue weighted by Gasteiger charge is -2.36. The third-order valence-corrected chi connectivity index (χ3v) is 5.74. The standard InChI is InChI=1S/C21H21F4N5O2/c1-12-10-29(11-14-9-26-19(30(12)14)20(2,32)21(23,24)25)18(31)13-4-5-16(22)15(8-13)17-6-7-27-28(17)3/h4-9,12,32H,10-11H2,1-3H3/t12-,20?/m0/s1. The molecule has 1 N–H and O–H groups in total. The van der Waals surface area contributed by atoms with Crippen LogP contribution in [-0.2, 0) is 19.2 Å². The normalized spacial score (nSPS) is 18.4. The van der Waals surface area contributed by atoms with Crippen LogP contribution < -0.4 is 0 Å². The van der Waals surface area contributed by atoms with Crippen molar-refractivity contribution in [1.82, 2.24) is 24.2 Å². The highest BCUT2D eigenvalue weighted by Crippen LogP contribution is 2.40. The van der Waals surface area contributed by atoms with E-state index < -0.39 is 35.4 Å². The number of alkyl halides is 3. The number of benzene rings is 1. The number of aromatic nitrogens is 4. The molecule has 1 amide bonds. The van der Waals surface area contributed by atoms with E-state index in [2.05, 4.69) is 10.1 Å². The number of aliphatic hydroxyl groups is 1. The van der Waals surface area contributed by atoms with Crippen molar-refractivity contribution >= 4 is 5.91 Å². The second-order valence-corrected chi connectivity index (χ2v) is 8.08. The van der Waals surface area contributed by atoms with Gasteiger partial charge in [-0.25, -0.2) is 9.37 Å². The number of rotatable bonds is 3. The van der Waals surface area contributed by atoms with Gasteiger partial charge in [0.2, 0.25) is 5.60 Å². The molecule has 1 aromatic carbocycles. The zero-order chi connectivity index (χ0) is 23.4. The molecular formula is C21H21F4N5O2. The monoisotopic (exact) mass is 451 g/mol. The fourth-order valence-electron chi connectivity index (χ4n) is 3.98. The van der Waals surface area contributed by atoms with Crippen molar-refractivity contribution in [2.75, 3.05) is 6.54 Å². The largest absolute Gasteiger partial charge is 0.424 e. The summed E-state index contributed by atoms with van der Waals surface area (Å²) >= 11 is 0. The van der Waals surface area contributed by atoms with Crippen LogP contribution in [0.2, 0.25) is 0 Å². The Labute approximate surface area is 180 Å². The van der Waals surface area contributed by atoms with E-state index in [1.54, 1.807) is 20.0 Å². The summed E-state index contributed by atoms with van der Waals surface area (Å²) in [5, 5.41) is 14.1.